The monoisotopic (exact) mass is 312 g/mol. The third-order valence-electron chi connectivity index (χ3n) is 3.53. The van der Waals surface area contributed by atoms with Gasteiger partial charge in [0.15, 0.2) is 0 Å². The van der Waals surface area contributed by atoms with Crippen molar-refractivity contribution in [1.82, 2.24) is 10.6 Å². The zero-order valence-corrected chi connectivity index (χ0v) is 12.6. The molecule has 3 N–H and O–H groups in total. The number of urea groups is 1. The molecule has 1 aliphatic carbocycles. The Hall–Kier alpha value is -1.46. The molecule has 0 aliphatic heterocycles. The highest BCUT2D eigenvalue weighted by molar-refractivity contribution is 6.30. The Morgan fingerprint density at radius 1 is 1.29 bits per heavy atom. The molecular weight excluding hydrogens is 292 g/mol. The fourth-order valence-corrected chi connectivity index (χ4v) is 2.52. The molecule has 2 atom stereocenters. The minimum absolute atomic E-state index is 0.198. The van der Waals surface area contributed by atoms with Crippen molar-refractivity contribution in [2.45, 2.75) is 25.4 Å². The topological polar surface area (TPSA) is 70.6 Å². The normalized spacial score (nSPS) is 21.0. The molecule has 116 valence electrons. The van der Waals surface area contributed by atoms with E-state index in [4.69, 9.17) is 16.3 Å². The molecule has 0 radical (unpaired) electrons. The number of amides is 2. The van der Waals surface area contributed by atoms with Crippen molar-refractivity contribution < 1.29 is 14.6 Å². The first kappa shape index (κ1) is 15.9. The van der Waals surface area contributed by atoms with Gasteiger partial charge in [-0.3, -0.25) is 0 Å². The van der Waals surface area contributed by atoms with Crippen LogP contribution in [0.1, 0.15) is 19.3 Å². The average Bonchev–Trinajstić information content (AvgIpc) is 2.89. The van der Waals surface area contributed by atoms with Crippen molar-refractivity contribution >= 4 is 17.6 Å². The predicted octanol–water partition coefficient (Wildman–Crippen LogP) is 2.18. The Morgan fingerprint density at radius 3 is 2.71 bits per heavy atom. The molecule has 1 saturated carbocycles. The number of nitrogens with one attached hydrogen (secondary N) is 2. The summed E-state index contributed by atoms with van der Waals surface area (Å²) >= 11 is 5.78. The highest BCUT2D eigenvalue weighted by atomic mass is 35.5. The summed E-state index contributed by atoms with van der Waals surface area (Å²) in [6.45, 7) is 1.44. The van der Waals surface area contributed by atoms with E-state index in [0.29, 0.717) is 30.6 Å². The molecule has 0 bridgehead atoms. The van der Waals surface area contributed by atoms with E-state index in [0.717, 1.165) is 25.0 Å². The first-order chi connectivity index (χ1) is 10.1. The Balaban J connectivity index is 1.54. The highest BCUT2D eigenvalue weighted by Crippen LogP contribution is 2.24. The summed E-state index contributed by atoms with van der Waals surface area (Å²) in [7, 11) is 0. The molecule has 1 aromatic carbocycles. The minimum Gasteiger partial charge on any atom is -0.492 e. The fraction of sp³-hybridized carbons (Fsp3) is 0.533. The standard InChI is InChI=1S/C15H21ClN2O3/c16-12-2-5-14(6-3-12)21-8-7-17-15(20)18-10-11-1-4-13(19)9-11/h2-3,5-6,11,13,19H,1,4,7-10H2,(H2,17,18,20)/t11-,13-/m1/s1. The first-order valence-corrected chi connectivity index (χ1v) is 7.59. The SMILES string of the molecule is O=C(NCCOc1ccc(Cl)cc1)NC[C@@H]1CC[C@@H](O)C1. The third kappa shape index (κ3) is 5.81. The number of ether oxygens (including phenoxy) is 1. The smallest absolute Gasteiger partial charge is 0.314 e. The summed E-state index contributed by atoms with van der Waals surface area (Å²) in [4.78, 5) is 11.6. The summed E-state index contributed by atoms with van der Waals surface area (Å²) in [5.41, 5.74) is 0. The molecule has 21 heavy (non-hydrogen) atoms. The second-order valence-corrected chi connectivity index (χ2v) is 5.71. The van der Waals surface area contributed by atoms with Crippen LogP contribution in [0, 0.1) is 5.92 Å². The number of benzene rings is 1. The van der Waals surface area contributed by atoms with E-state index >= 15 is 0 Å². The summed E-state index contributed by atoms with van der Waals surface area (Å²) < 4.78 is 5.47. The number of carbonyl (C=O) groups excluding carboxylic acids is 1. The van der Waals surface area contributed by atoms with Crippen molar-refractivity contribution in [3.8, 4) is 5.75 Å². The molecule has 5 nitrogen and oxygen atoms in total. The Labute approximate surface area is 129 Å². The second-order valence-electron chi connectivity index (χ2n) is 5.27. The maximum absolute atomic E-state index is 11.6. The van der Waals surface area contributed by atoms with E-state index in [-0.39, 0.29) is 12.1 Å². The second kappa shape index (κ2) is 8.10. The van der Waals surface area contributed by atoms with Gasteiger partial charge in [0.25, 0.3) is 0 Å². The first-order valence-electron chi connectivity index (χ1n) is 7.21. The molecule has 0 heterocycles. The highest BCUT2D eigenvalue weighted by Gasteiger charge is 2.22. The molecule has 1 fully saturated rings. The molecule has 0 unspecified atom stereocenters. The lowest BCUT2D eigenvalue weighted by Gasteiger charge is -2.12. The van der Waals surface area contributed by atoms with Crippen LogP contribution in [-0.2, 0) is 0 Å². The van der Waals surface area contributed by atoms with Crippen LogP contribution in [0.4, 0.5) is 4.79 Å². The van der Waals surface area contributed by atoms with Crippen molar-refractivity contribution in [3.63, 3.8) is 0 Å². The third-order valence-corrected chi connectivity index (χ3v) is 3.79. The van der Waals surface area contributed by atoms with Gasteiger partial charge in [0.2, 0.25) is 0 Å². The number of carbonyl (C=O) groups is 1. The van der Waals surface area contributed by atoms with E-state index in [1.54, 1.807) is 24.3 Å². The molecular formula is C15H21ClN2O3. The fourth-order valence-electron chi connectivity index (χ4n) is 2.40. The lowest BCUT2D eigenvalue weighted by Crippen LogP contribution is -2.39. The van der Waals surface area contributed by atoms with Crippen molar-refractivity contribution in [3.05, 3.63) is 29.3 Å². The van der Waals surface area contributed by atoms with E-state index in [9.17, 15) is 9.90 Å². The van der Waals surface area contributed by atoms with Gasteiger partial charge in [-0.1, -0.05) is 11.6 Å². The maximum Gasteiger partial charge on any atom is 0.314 e. The van der Waals surface area contributed by atoms with Crippen LogP contribution in [0.2, 0.25) is 5.02 Å². The van der Waals surface area contributed by atoms with Gasteiger partial charge in [-0.05, 0) is 49.4 Å². The molecule has 1 aromatic rings. The Kier molecular flexibility index (Phi) is 6.14. The zero-order valence-electron chi connectivity index (χ0n) is 11.8. The summed E-state index contributed by atoms with van der Waals surface area (Å²) in [6, 6.07) is 6.89. The number of rotatable bonds is 6. The van der Waals surface area contributed by atoms with Crippen LogP contribution in [0.25, 0.3) is 0 Å². The van der Waals surface area contributed by atoms with Gasteiger partial charge in [-0.15, -0.1) is 0 Å². The van der Waals surface area contributed by atoms with Gasteiger partial charge in [0.1, 0.15) is 12.4 Å². The van der Waals surface area contributed by atoms with E-state index < -0.39 is 0 Å². The average molecular weight is 313 g/mol. The van der Waals surface area contributed by atoms with Gasteiger partial charge in [-0.25, -0.2) is 4.79 Å². The number of hydrogen-bond donors (Lipinski definition) is 3. The van der Waals surface area contributed by atoms with E-state index in [2.05, 4.69) is 10.6 Å². The molecule has 0 aromatic heterocycles. The Bertz CT molecular complexity index is 453. The number of aliphatic hydroxyl groups excluding tert-OH is 1. The van der Waals surface area contributed by atoms with Crippen LogP contribution in [0.3, 0.4) is 0 Å². The molecule has 0 saturated heterocycles. The van der Waals surface area contributed by atoms with Crippen LogP contribution < -0.4 is 15.4 Å². The van der Waals surface area contributed by atoms with Gasteiger partial charge >= 0.3 is 6.03 Å². The zero-order chi connectivity index (χ0) is 15.1. The van der Waals surface area contributed by atoms with Crippen LogP contribution in [0.5, 0.6) is 5.75 Å². The molecule has 6 heteroatoms. The minimum atomic E-state index is -0.201. The number of hydrogen-bond acceptors (Lipinski definition) is 3. The van der Waals surface area contributed by atoms with Gasteiger partial charge < -0.3 is 20.5 Å². The van der Waals surface area contributed by atoms with Gasteiger partial charge in [-0.2, -0.15) is 0 Å². The number of aliphatic hydroxyl groups is 1. The summed E-state index contributed by atoms with van der Waals surface area (Å²) in [6.07, 6.45) is 2.39. The predicted molar refractivity (Wildman–Crippen MR) is 81.7 cm³/mol. The summed E-state index contributed by atoms with van der Waals surface area (Å²) in [5, 5.41) is 15.6. The molecule has 1 aliphatic rings. The maximum atomic E-state index is 11.6. The lowest BCUT2D eigenvalue weighted by molar-refractivity contribution is 0.177. The van der Waals surface area contributed by atoms with Crippen LogP contribution >= 0.6 is 11.6 Å². The van der Waals surface area contributed by atoms with E-state index in [1.807, 2.05) is 0 Å². The van der Waals surface area contributed by atoms with Crippen molar-refractivity contribution in [1.29, 1.82) is 0 Å². The largest absolute Gasteiger partial charge is 0.492 e. The molecule has 2 rings (SSSR count). The summed E-state index contributed by atoms with van der Waals surface area (Å²) in [5.74, 6) is 1.11. The number of halogens is 1. The quantitative estimate of drug-likeness (QED) is 0.705. The van der Waals surface area contributed by atoms with Crippen molar-refractivity contribution in [2.24, 2.45) is 5.92 Å². The van der Waals surface area contributed by atoms with Gasteiger partial charge in [0, 0.05) is 11.6 Å². The lowest BCUT2D eigenvalue weighted by atomic mass is 10.1. The van der Waals surface area contributed by atoms with Crippen LogP contribution in [-0.4, -0.2) is 36.9 Å². The van der Waals surface area contributed by atoms with Crippen molar-refractivity contribution in [2.75, 3.05) is 19.7 Å². The Morgan fingerprint density at radius 2 is 2.05 bits per heavy atom. The van der Waals surface area contributed by atoms with E-state index in [1.165, 1.54) is 0 Å². The molecule has 0 spiro atoms. The van der Waals surface area contributed by atoms with Gasteiger partial charge in [0.05, 0.1) is 12.6 Å². The van der Waals surface area contributed by atoms with Crippen LogP contribution in [0.15, 0.2) is 24.3 Å². The molecule has 2 amide bonds.